The second-order valence-electron chi connectivity index (χ2n) is 8.19. The molecule has 35 heavy (non-hydrogen) atoms. The van der Waals surface area contributed by atoms with Crippen LogP contribution in [0.1, 0.15) is 22.8 Å². The van der Waals surface area contributed by atoms with Crippen molar-refractivity contribution in [1.82, 2.24) is 20.7 Å². The minimum absolute atomic E-state index is 0.00443. The highest BCUT2D eigenvalue weighted by Gasteiger charge is 2.49. The average Bonchev–Trinajstić information content (AvgIpc) is 3.02. The lowest BCUT2D eigenvalue weighted by atomic mass is 9.90. The van der Waals surface area contributed by atoms with Gasteiger partial charge in [0, 0.05) is 36.8 Å². The number of hydrogen-bond acceptors (Lipinski definition) is 7. The molecule has 13 heteroatoms. The molecule has 0 radical (unpaired) electrons. The van der Waals surface area contributed by atoms with Crippen molar-refractivity contribution in [2.24, 2.45) is 0 Å². The summed E-state index contributed by atoms with van der Waals surface area (Å²) < 4.78 is 43.0. The van der Waals surface area contributed by atoms with Crippen LogP contribution in [-0.2, 0) is 16.0 Å². The first kappa shape index (κ1) is 24.9. The summed E-state index contributed by atoms with van der Waals surface area (Å²) >= 11 is -0.286. The van der Waals surface area contributed by atoms with Crippen LogP contribution < -0.4 is 15.6 Å². The fourth-order valence-corrected chi connectivity index (χ4v) is 4.42. The number of nitrogens with one attached hydrogen (secondary N) is 2. The lowest BCUT2D eigenvalue weighted by molar-refractivity contribution is -0.121. The summed E-state index contributed by atoms with van der Waals surface area (Å²) in [7, 11) is 0. The van der Waals surface area contributed by atoms with E-state index in [-0.39, 0.29) is 34.3 Å². The molecule has 186 valence electrons. The van der Waals surface area contributed by atoms with E-state index in [2.05, 4.69) is 15.7 Å². The van der Waals surface area contributed by atoms with Crippen molar-refractivity contribution < 1.29 is 32.3 Å². The van der Waals surface area contributed by atoms with E-state index in [1.54, 1.807) is 11.1 Å². The molecular formula is C22H22F3N5O4S. The number of imide groups is 1. The van der Waals surface area contributed by atoms with E-state index in [0.29, 0.717) is 31.9 Å². The molecule has 2 aliphatic heterocycles. The summed E-state index contributed by atoms with van der Waals surface area (Å²) in [5.74, 6) is -0.986. The molecule has 0 aliphatic carbocycles. The van der Waals surface area contributed by atoms with Gasteiger partial charge in [-0.15, -0.1) is 0 Å². The number of carbonyl (C=O) groups is 3. The maximum Gasteiger partial charge on any atom is 0.446 e. The van der Waals surface area contributed by atoms with Crippen LogP contribution in [-0.4, -0.2) is 65.2 Å². The predicted molar refractivity (Wildman–Crippen MR) is 121 cm³/mol. The van der Waals surface area contributed by atoms with Crippen molar-refractivity contribution in [3.05, 3.63) is 53.9 Å². The summed E-state index contributed by atoms with van der Waals surface area (Å²) in [5, 5.41) is 4.38. The lowest BCUT2D eigenvalue weighted by Gasteiger charge is -2.27. The van der Waals surface area contributed by atoms with E-state index in [1.807, 2.05) is 0 Å². The van der Waals surface area contributed by atoms with Crippen LogP contribution >= 0.6 is 11.8 Å². The highest BCUT2D eigenvalue weighted by molar-refractivity contribution is 8.00. The van der Waals surface area contributed by atoms with Crippen LogP contribution in [0.25, 0.3) is 0 Å². The standard InChI is InChI=1S/C22H22F3N5O4S/c1-21(12-14-6-7-26-13-17(14)18(31)28-29-8-10-34-11-9-29)19(32)30(20(33)27-21)15-2-4-16(5-3-15)35-22(23,24)25/h2-7,13H,8-12H2,1H3,(H,27,33)(H,28,31). The van der Waals surface area contributed by atoms with Crippen LogP contribution in [0.4, 0.5) is 23.7 Å². The predicted octanol–water partition coefficient (Wildman–Crippen LogP) is 2.73. The number of ether oxygens (including phenoxy) is 1. The Bertz CT molecular complexity index is 1120. The molecule has 4 rings (SSSR count). The van der Waals surface area contributed by atoms with Crippen molar-refractivity contribution >= 4 is 35.3 Å². The topological polar surface area (TPSA) is 104 Å². The number of hydrogen-bond donors (Lipinski definition) is 2. The van der Waals surface area contributed by atoms with Crippen molar-refractivity contribution in [1.29, 1.82) is 0 Å². The SMILES string of the molecule is CC1(Cc2ccncc2C(=O)NN2CCOCC2)NC(=O)N(c2ccc(SC(F)(F)F)cc2)C1=O. The Hall–Kier alpha value is -3.16. The molecule has 2 N–H and O–H groups in total. The molecule has 0 spiro atoms. The van der Waals surface area contributed by atoms with Gasteiger partial charge >= 0.3 is 11.5 Å². The number of halogens is 3. The first-order valence-electron chi connectivity index (χ1n) is 10.6. The van der Waals surface area contributed by atoms with Crippen LogP contribution in [0, 0.1) is 0 Å². The van der Waals surface area contributed by atoms with Crippen molar-refractivity contribution in [3.63, 3.8) is 0 Å². The van der Waals surface area contributed by atoms with Gasteiger partial charge in [0.1, 0.15) is 5.54 Å². The van der Waals surface area contributed by atoms with Gasteiger partial charge in [0.15, 0.2) is 0 Å². The number of amides is 4. The van der Waals surface area contributed by atoms with Gasteiger partial charge in [-0.05, 0) is 54.6 Å². The van der Waals surface area contributed by atoms with E-state index in [9.17, 15) is 27.6 Å². The van der Waals surface area contributed by atoms with Gasteiger partial charge in [0.2, 0.25) is 0 Å². The zero-order valence-electron chi connectivity index (χ0n) is 18.6. The van der Waals surface area contributed by atoms with Gasteiger partial charge in [-0.3, -0.25) is 20.0 Å². The number of aromatic nitrogens is 1. The number of pyridine rings is 1. The Morgan fingerprint density at radius 2 is 1.89 bits per heavy atom. The average molecular weight is 510 g/mol. The van der Waals surface area contributed by atoms with E-state index in [1.165, 1.54) is 43.6 Å². The summed E-state index contributed by atoms with van der Waals surface area (Å²) in [4.78, 5) is 43.7. The number of alkyl halides is 3. The second-order valence-corrected chi connectivity index (χ2v) is 9.33. The molecule has 2 aromatic rings. The number of hydrazine groups is 1. The van der Waals surface area contributed by atoms with Gasteiger partial charge in [-0.2, -0.15) is 13.2 Å². The highest BCUT2D eigenvalue weighted by atomic mass is 32.2. The minimum atomic E-state index is -4.45. The molecule has 0 bridgehead atoms. The van der Waals surface area contributed by atoms with E-state index in [0.717, 1.165) is 4.90 Å². The molecule has 9 nitrogen and oxygen atoms in total. The third-order valence-electron chi connectivity index (χ3n) is 5.56. The Balaban J connectivity index is 1.51. The molecule has 3 heterocycles. The number of rotatable bonds is 6. The summed E-state index contributed by atoms with van der Waals surface area (Å²) in [5.41, 5.74) is -2.13. The van der Waals surface area contributed by atoms with Crippen molar-refractivity contribution in [2.75, 3.05) is 31.2 Å². The molecular weight excluding hydrogens is 487 g/mol. The normalized spacial score (nSPS) is 21.2. The van der Waals surface area contributed by atoms with E-state index >= 15 is 0 Å². The fraction of sp³-hybridized carbons (Fsp3) is 0.364. The molecule has 2 aliphatic rings. The van der Waals surface area contributed by atoms with Gasteiger partial charge in [-0.25, -0.2) is 14.7 Å². The van der Waals surface area contributed by atoms with Crippen molar-refractivity contribution in [3.8, 4) is 0 Å². The van der Waals surface area contributed by atoms with Gasteiger partial charge in [-0.1, -0.05) is 0 Å². The lowest BCUT2D eigenvalue weighted by Crippen LogP contribution is -2.49. The first-order chi connectivity index (χ1) is 16.6. The first-order valence-corrected chi connectivity index (χ1v) is 11.5. The van der Waals surface area contributed by atoms with Gasteiger partial charge < -0.3 is 10.1 Å². The Morgan fingerprint density at radius 1 is 1.20 bits per heavy atom. The summed E-state index contributed by atoms with van der Waals surface area (Å²) in [6, 6.07) is 5.85. The van der Waals surface area contributed by atoms with Gasteiger partial charge in [0.25, 0.3) is 11.8 Å². The van der Waals surface area contributed by atoms with Crippen LogP contribution in [0.5, 0.6) is 0 Å². The zero-order valence-corrected chi connectivity index (χ0v) is 19.4. The maximum absolute atomic E-state index is 13.3. The molecule has 2 fully saturated rings. The molecule has 1 aromatic heterocycles. The summed E-state index contributed by atoms with van der Waals surface area (Å²) in [6.07, 6.45) is 2.88. The number of nitrogens with zero attached hydrogens (tertiary/aromatic N) is 3. The van der Waals surface area contributed by atoms with E-state index in [4.69, 9.17) is 4.74 Å². The second kappa shape index (κ2) is 9.84. The number of thioether (sulfide) groups is 1. The molecule has 1 atom stereocenters. The molecule has 0 saturated carbocycles. The zero-order chi connectivity index (χ0) is 25.2. The molecule has 1 unspecified atom stereocenters. The van der Waals surface area contributed by atoms with Crippen molar-refractivity contribution in [2.45, 2.75) is 29.3 Å². The summed E-state index contributed by atoms with van der Waals surface area (Å²) in [6.45, 7) is 3.58. The quantitative estimate of drug-likeness (QED) is 0.456. The fourth-order valence-electron chi connectivity index (χ4n) is 3.88. The van der Waals surface area contributed by atoms with Gasteiger partial charge in [0.05, 0.1) is 24.5 Å². The molecule has 2 saturated heterocycles. The number of benzene rings is 1. The largest absolute Gasteiger partial charge is 0.446 e. The van der Waals surface area contributed by atoms with Crippen LogP contribution in [0.2, 0.25) is 0 Å². The smallest absolute Gasteiger partial charge is 0.379 e. The Kier molecular flexibility index (Phi) is 7.01. The number of anilines is 1. The molecule has 1 aromatic carbocycles. The number of urea groups is 1. The minimum Gasteiger partial charge on any atom is -0.379 e. The molecule has 4 amide bonds. The Labute approximate surface area is 203 Å². The number of carbonyl (C=O) groups excluding carboxylic acids is 3. The maximum atomic E-state index is 13.3. The van der Waals surface area contributed by atoms with E-state index < -0.39 is 28.9 Å². The third kappa shape index (κ3) is 5.74. The Morgan fingerprint density at radius 3 is 2.54 bits per heavy atom. The highest BCUT2D eigenvalue weighted by Crippen LogP contribution is 2.38. The number of morpholine rings is 1. The third-order valence-corrected chi connectivity index (χ3v) is 6.30. The van der Waals surface area contributed by atoms with Crippen LogP contribution in [0.3, 0.4) is 0 Å². The monoisotopic (exact) mass is 509 g/mol. The van der Waals surface area contributed by atoms with Crippen LogP contribution in [0.15, 0.2) is 47.6 Å².